The van der Waals surface area contributed by atoms with Crippen LogP contribution >= 0.6 is 0 Å². The topological polar surface area (TPSA) is 318 Å². The normalized spacial score (nSPS) is 13.9. The molecule has 1 fully saturated rings. The van der Waals surface area contributed by atoms with E-state index in [4.69, 9.17) is 34.1 Å². The monoisotopic (exact) mass is 1120 g/mol. The Bertz CT molecular complexity index is 2310. The molecule has 0 radical (unpaired) electrons. The predicted molar refractivity (Wildman–Crippen MR) is 277 cm³/mol. The number of carbonyl (C=O) groups is 5. The Morgan fingerprint density at radius 2 is 1.47 bits per heavy atom. The average molecular weight is 1120 g/mol. The fourth-order valence-electron chi connectivity index (χ4n) is 8.22. The molecule has 0 unspecified atom stereocenters. The number of aldehydes is 1. The zero-order chi connectivity index (χ0) is 56.5. The lowest BCUT2D eigenvalue weighted by Crippen LogP contribution is -2.50. The zero-order valence-electron chi connectivity index (χ0n) is 44.0. The van der Waals surface area contributed by atoms with Crippen LogP contribution in [0.5, 0.6) is 5.75 Å². The number of hydrogen-bond donors (Lipinski definition) is 6. The van der Waals surface area contributed by atoms with E-state index in [2.05, 4.69) is 20.0 Å². The number of nitrogens with zero attached hydrogens (tertiary/aromatic N) is 6. The van der Waals surface area contributed by atoms with Gasteiger partial charge in [0.05, 0.1) is 65.2 Å². The molecule has 27 nitrogen and oxygen atoms in total. The molecular weight excluding hydrogens is 1050 g/mol. The fraction of sp³-hybridized carbons (Fsp3) is 0.540. The zero-order valence-corrected chi connectivity index (χ0v) is 44.8. The van der Waals surface area contributed by atoms with Crippen LogP contribution in [0.25, 0.3) is 11.1 Å². The molecule has 1 aliphatic rings. The number of nitrogens with one attached hydrogen (secondary N) is 2. The third kappa shape index (κ3) is 22.9. The van der Waals surface area contributed by atoms with Crippen molar-refractivity contribution in [3.05, 3.63) is 84.4 Å². The van der Waals surface area contributed by atoms with Crippen molar-refractivity contribution in [3.8, 4) is 16.9 Å². The molecule has 0 aromatic heterocycles. The van der Waals surface area contributed by atoms with Crippen LogP contribution in [0.2, 0.25) is 0 Å². The van der Waals surface area contributed by atoms with Gasteiger partial charge in [0.15, 0.2) is 0 Å². The van der Waals surface area contributed by atoms with Crippen molar-refractivity contribution < 1.29 is 91.8 Å². The lowest BCUT2D eigenvalue weighted by molar-refractivity contribution is -0.300. The number of amides is 3. The minimum Gasteiger partial charge on any atom is -0.497 e. The first-order valence-corrected chi connectivity index (χ1v) is 26.6. The number of carbonyl (C=O) groups excluding carboxylic acids is 4. The first kappa shape index (κ1) is 64.7. The molecule has 0 spiro atoms. The molecule has 78 heavy (non-hydrogen) atoms. The van der Waals surface area contributed by atoms with E-state index < -0.39 is 40.1 Å². The van der Waals surface area contributed by atoms with Crippen LogP contribution < -0.4 is 15.5 Å². The lowest BCUT2D eigenvalue weighted by Gasteiger charge is -2.36. The largest absolute Gasteiger partial charge is 0.497 e. The van der Waals surface area contributed by atoms with Crippen LogP contribution in [0.15, 0.2) is 83.8 Å². The van der Waals surface area contributed by atoms with Crippen LogP contribution in [0.4, 0.5) is 4.79 Å². The van der Waals surface area contributed by atoms with Crippen molar-refractivity contribution >= 4 is 40.2 Å². The second kappa shape index (κ2) is 36.4. The third-order valence-electron chi connectivity index (χ3n) is 12.5. The Labute approximate surface area is 453 Å². The van der Waals surface area contributed by atoms with E-state index in [1.165, 1.54) is 29.6 Å². The summed E-state index contributed by atoms with van der Waals surface area (Å²) in [5.74, 6) is -1.72. The number of methoxy groups -OCH3 is 1. The number of hydroxylamine groups is 2. The molecule has 4 rings (SSSR count). The summed E-state index contributed by atoms with van der Waals surface area (Å²) in [5, 5.41) is 40.1. The van der Waals surface area contributed by atoms with Gasteiger partial charge in [-0.3, -0.25) is 54.5 Å². The van der Waals surface area contributed by atoms with E-state index in [9.17, 15) is 48.0 Å². The number of carboxylic acids is 1. The number of carboxylic acid groups (broad SMARTS) is 1. The minimum absolute atomic E-state index is 0.0245. The van der Waals surface area contributed by atoms with Crippen LogP contribution in [0.1, 0.15) is 24.8 Å². The van der Waals surface area contributed by atoms with E-state index in [0.717, 1.165) is 11.1 Å². The quantitative estimate of drug-likeness (QED) is 0.0117. The number of piperazine rings is 1. The van der Waals surface area contributed by atoms with Crippen LogP contribution in [0.3, 0.4) is 0 Å². The smallest absolute Gasteiger partial charge is 0.407 e. The lowest BCUT2D eigenvalue weighted by atomic mass is 10.1. The maximum absolute atomic E-state index is 14.3. The summed E-state index contributed by atoms with van der Waals surface area (Å²) in [4.78, 5) is 95.2. The summed E-state index contributed by atoms with van der Waals surface area (Å²) in [5.41, 5.74) is 3.73. The van der Waals surface area contributed by atoms with Gasteiger partial charge in [-0.2, -0.15) is 0 Å². The van der Waals surface area contributed by atoms with E-state index in [-0.39, 0.29) is 116 Å². The molecule has 28 heteroatoms. The first-order chi connectivity index (χ1) is 37.8. The molecular formula is C50H74N8O19S. The van der Waals surface area contributed by atoms with Gasteiger partial charge in [-0.15, -0.1) is 0 Å². The van der Waals surface area contributed by atoms with Crippen molar-refractivity contribution in [2.75, 3.05) is 139 Å². The van der Waals surface area contributed by atoms with Gasteiger partial charge >= 0.3 is 12.1 Å². The fourth-order valence-corrected chi connectivity index (χ4v) is 9.66. The molecule has 1 heterocycles. The Morgan fingerprint density at radius 1 is 0.795 bits per heavy atom. The first-order valence-electron chi connectivity index (χ1n) is 25.2. The van der Waals surface area contributed by atoms with Gasteiger partial charge in [-0.05, 0) is 53.8 Å². The van der Waals surface area contributed by atoms with Crippen molar-refractivity contribution in [2.45, 2.75) is 42.8 Å². The maximum Gasteiger partial charge on any atom is 0.407 e. The third-order valence-corrected chi connectivity index (χ3v) is 14.2. The van der Waals surface area contributed by atoms with Gasteiger partial charge in [-0.25, -0.2) is 38.2 Å². The van der Waals surface area contributed by atoms with Gasteiger partial charge in [0, 0.05) is 84.5 Å². The van der Waals surface area contributed by atoms with Crippen molar-refractivity contribution in [3.63, 3.8) is 0 Å². The molecule has 3 aromatic carbocycles. The summed E-state index contributed by atoms with van der Waals surface area (Å²) < 4.78 is 45.4. The molecule has 2 atom stereocenters. The van der Waals surface area contributed by atoms with Crippen LogP contribution in [-0.2, 0) is 69.7 Å². The van der Waals surface area contributed by atoms with Crippen molar-refractivity contribution in [1.29, 1.82) is 0 Å². The average Bonchev–Trinajstić information content (AvgIpc) is 3.50. The SMILES string of the molecule is COOCN(CCOO)CCN(CCN(CC=O)CC(=O)O)[C@@H](CCC(=O)N1CCN(CCOCCON([C@H](CCNC(=O)OCc2ccccc2)C(=O)NO)S(=O)(=O)c2ccc(-c3ccc(OC)cc3)cc2)CC1)COO. The van der Waals surface area contributed by atoms with Crippen molar-refractivity contribution in [1.82, 2.24) is 39.8 Å². The molecule has 1 saturated heterocycles. The number of rotatable bonds is 40. The van der Waals surface area contributed by atoms with E-state index in [1.807, 2.05) is 23.1 Å². The maximum atomic E-state index is 14.3. The van der Waals surface area contributed by atoms with Gasteiger partial charge in [0.1, 0.15) is 31.4 Å². The van der Waals surface area contributed by atoms with Crippen LogP contribution in [-0.4, -0.2) is 240 Å². The molecule has 0 bridgehead atoms. The number of benzene rings is 3. The summed E-state index contributed by atoms with van der Waals surface area (Å²) in [7, 11) is -1.73. The Morgan fingerprint density at radius 3 is 2.09 bits per heavy atom. The highest BCUT2D eigenvalue weighted by Crippen LogP contribution is 2.27. The summed E-state index contributed by atoms with van der Waals surface area (Å²) in [6, 6.07) is 19.8. The number of sulfonamides is 1. The Hall–Kier alpha value is -5.80. The molecule has 434 valence electrons. The highest BCUT2D eigenvalue weighted by atomic mass is 32.2. The van der Waals surface area contributed by atoms with Gasteiger partial charge in [0.25, 0.3) is 15.9 Å². The van der Waals surface area contributed by atoms with E-state index in [0.29, 0.717) is 67.9 Å². The minimum atomic E-state index is -4.62. The van der Waals surface area contributed by atoms with E-state index >= 15 is 0 Å². The highest BCUT2D eigenvalue weighted by molar-refractivity contribution is 7.89. The number of aliphatic carboxylic acids is 1. The molecule has 0 aliphatic carbocycles. The number of alkyl carbamates (subject to hydrolysis) is 1. The second-order valence-corrected chi connectivity index (χ2v) is 19.4. The predicted octanol–water partition coefficient (Wildman–Crippen LogP) is 1.49. The molecule has 0 saturated carbocycles. The molecule has 3 aromatic rings. The molecule has 6 N–H and O–H groups in total. The summed E-state index contributed by atoms with van der Waals surface area (Å²) in [6.45, 7) is 2.45. The van der Waals surface area contributed by atoms with Gasteiger partial charge in [0.2, 0.25) is 5.91 Å². The Balaban J connectivity index is 1.33. The summed E-state index contributed by atoms with van der Waals surface area (Å²) >= 11 is 0. The highest BCUT2D eigenvalue weighted by Gasteiger charge is 2.38. The molecule has 1 aliphatic heterocycles. The second-order valence-electron chi connectivity index (χ2n) is 17.6. The number of hydrogen-bond acceptors (Lipinski definition) is 22. The Kier molecular flexibility index (Phi) is 30.2. The standard InChI is InChI=1S/C50H74N8O19S/c1-70-44-13-8-41(9-14-44)42-10-15-45(16-11-42)78(68,69)58(46(49(63)52-65)18-19-51-50(64)73-37-40-6-4-3-5-7-40)74-35-34-72-32-29-53-20-26-57(27-21-53)47(60)17-12-43(38-76-67)56(24-22-54(28-31-59)36-48(61)62)25-23-55(30-33-75-66)39-77-71-2/h3-11,13-16,31,43,46,65-67H,12,17-30,32-39H2,1-2H3,(H,51,64)(H,52,63)(H,61,62)/t43-,46+/m0/s1. The van der Waals surface area contributed by atoms with Crippen LogP contribution in [0, 0.1) is 0 Å². The van der Waals surface area contributed by atoms with E-state index in [1.54, 1.807) is 65.4 Å². The number of ether oxygens (including phenoxy) is 3. The van der Waals surface area contributed by atoms with Gasteiger partial charge < -0.3 is 34.3 Å². The summed E-state index contributed by atoms with van der Waals surface area (Å²) in [6.07, 6.45) is -0.193. The van der Waals surface area contributed by atoms with Crippen molar-refractivity contribution in [2.24, 2.45) is 0 Å². The molecule has 3 amide bonds. The van der Waals surface area contributed by atoms with Gasteiger partial charge in [-0.1, -0.05) is 59.1 Å².